The maximum Gasteiger partial charge on any atom is 0.255 e. The number of aromatic nitrogens is 1. The van der Waals surface area contributed by atoms with E-state index >= 15 is 0 Å². The molecule has 1 heterocycles. The van der Waals surface area contributed by atoms with Crippen LogP contribution in [0.4, 0.5) is 0 Å². The SMILES string of the molecule is O=c1ccc2c(-c3ccccc3Cl)cc(O)cc2n1-c1ccccc1Cl. The first-order valence-corrected chi connectivity index (χ1v) is 8.70. The lowest BCUT2D eigenvalue weighted by Crippen LogP contribution is -2.17. The largest absolute Gasteiger partial charge is 0.508 e. The normalized spacial score (nSPS) is 11.0. The van der Waals surface area contributed by atoms with Gasteiger partial charge in [-0.05, 0) is 35.9 Å². The van der Waals surface area contributed by atoms with Gasteiger partial charge in [-0.25, -0.2) is 0 Å². The molecule has 26 heavy (non-hydrogen) atoms. The lowest BCUT2D eigenvalue weighted by molar-refractivity contribution is 0.476. The number of nitrogens with zero attached hydrogens (tertiary/aromatic N) is 1. The maximum atomic E-state index is 12.6. The average molecular weight is 382 g/mol. The highest BCUT2D eigenvalue weighted by molar-refractivity contribution is 6.34. The van der Waals surface area contributed by atoms with Crippen LogP contribution < -0.4 is 5.56 Å². The number of phenols is 1. The minimum Gasteiger partial charge on any atom is -0.508 e. The fourth-order valence-corrected chi connectivity index (χ4v) is 3.57. The Kier molecular flexibility index (Phi) is 4.19. The predicted molar refractivity (Wildman–Crippen MR) is 107 cm³/mol. The fourth-order valence-electron chi connectivity index (χ4n) is 3.12. The zero-order chi connectivity index (χ0) is 18.3. The molecule has 3 nitrogen and oxygen atoms in total. The van der Waals surface area contributed by atoms with Crippen molar-refractivity contribution in [2.24, 2.45) is 0 Å². The van der Waals surface area contributed by atoms with Crippen molar-refractivity contribution in [1.29, 1.82) is 0 Å². The van der Waals surface area contributed by atoms with Gasteiger partial charge in [0.05, 0.1) is 16.2 Å². The Hall–Kier alpha value is -2.75. The summed E-state index contributed by atoms with van der Waals surface area (Å²) in [6.07, 6.45) is 0. The van der Waals surface area contributed by atoms with E-state index in [2.05, 4.69) is 0 Å². The zero-order valence-corrected chi connectivity index (χ0v) is 15.0. The molecular formula is C21H13Cl2NO2. The molecule has 128 valence electrons. The second kappa shape index (κ2) is 6.52. The molecule has 0 radical (unpaired) electrons. The molecule has 0 aliphatic carbocycles. The van der Waals surface area contributed by atoms with Gasteiger partial charge in [-0.2, -0.15) is 0 Å². The summed E-state index contributed by atoms with van der Waals surface area (Å²) in [5, 5.41) is 12.1. The molecule has 0 aliphatic heterocycles. The van der Waals surface area contributed by atoms with Crippen LogP contribution in [0.1, 0.15) is 0 Å². The highest BCUT2D eigenvalue weighted by atomic mass is 35.5. The topological polar surface area (TPSA) is 42.2 Å². The molecular weight excluding hydrogens is 369 g/mol. The molecule has 0 spiro atoms. The first-order valence-electron chi connectivity index (χ1n) is 7.95. The maximum absolute atomic E-state index is 12.6. The quantitative estimate of drug-likeness (QED) is 0.485. The van der Waals surface area contributed by atoms with E-state index in [1.165, 1.54) is 10.6 Å². The Balaban J connectivity index is 2.14. The molecule has 3 aromatic carbocycles. The van der Waals surface area contributed by atoms with Crippen LogP contribution in [0.25, 0.3) is 27.7 Å². The third-order valence-electron chi connectivity index (χ3n) is 4.25. The fraction of sp³-hybridized carbons (Fsp3) is 0. The summed E-state index contributed by atoms with van der Waals surface area (Å²) in [7, 11) is 0. The standard InChI is InChI=1S/C21H13Cl2NO2/c22-17-6-2-1-5-14(17)16-11-13(25)12-20-15(16)9-10-21(26)24(20)19-8-4-3-7-18(19)23/h1-12,25H. The highest BCUT2D eigenvalue weighted by Gasteiger charge is 2.14. The van der Waals surface area contributed by atoms with Crippen molar-refractivity contribution in [3.8, 4) is 22.6 Å². The summed E-state index contributed by atoms with van der Waals surface area (Å²) in [6, 6.07) is 20.9. The van der Waals surface area contributed by atoms with E-state index in [0.29, 0.717) is 21.2 Å². The lowest BCUT2D eigenvalue weighted by Gasteiger charge is -2.15. The van der Waals surface area contributed by atoms with Crippen molar-refractivity contribution in [2.45, 2.75) is 0 Å². The molecule has 4 aromatic rings. The van der Waals surface area contributed by atoms with Crippen LogP contribution >= 0.6 is 23.2 Å². The van der Waals surface area contributed by atoms with E-state index in [9.17, 15) is 9.90 Å². The molecule has 0 unspecified atom stereocenters. The first-order chi connectivity index (χ1) is 12.6. The van der Waals surface area contributed by atoms with Gasteiger partial charge in [0.15, 0.2) is 0 Å². The number of pyridine rings is 1. The van der Waals surface area contributed by atoms with Crippen LogP contribution in [0.5, 0.6) is 5.75 Å². The van der Waals surface area contributed by atoms with Gasteiger partial charge in [0.25, 0.3) is 5.56 Å². The highest BCUT2D eigenvalue weighted by Crippen LogP contribution is 2.36. The van der Waals surface area contributed by atoms with Gasteiger partial charge in [-0.15, -0.1) is 0 Å². The predicted octanol–water partition coefficient (Wildman–Crippen LogP) is 5.67. The molecule has 0 saturated carbocycles. The third-order valence-corrected chi connectivity index (χ3v) is 4.90. The van der Waals surface area contributed by atoms with E-state index in [1.54, 1.807) is 42.5 Å². The smallest absolute Gasteiger partial charge is 0.255 e. The number of halogens is 2. The average Bonchev–Trinajstić information content (AvgIpc) is 2.62. The Morgan fingerprint density at radius 3 is 2.19 bits per heavy atom. The second-order valence-electron chi connectivity index (χ2n) is 5.86. The minimum absolute atomic E-state index is 0.0406. The lowest BCUT2D eigenvalue weighted by atomic mass is 9.99. The van der Waals surface area contributed by atoms with Crippen LogP contribution in [0.2, 0.25) is 10.0 Å². The summed E-state index contributed by atoms with van der Waals surface area (Å²) in [5.74, 6) is 0.0406. The van der Waals surface area contributed by atoms with Crippen molar-refractivity contribution in [1.82, 2.24) is 4.57 Å². The van der Waals surface area contributed by atoms with Crippen LogP contribution in [0.15, 0.2) is 77.6 Å². The van der Waals surface area contributed by atoms with Crippen LogP contribution in [-0.4, -0.2) is 9.67 Å². The Morgan fingerprint density at radius 2 is 1.46 bits per heavy atom. The number of hydrogen-bond donors (Lipinski definition) is 1. The van der Waals surface area contributed by atoms with Gasteiger partial charge >= 0.3 is 0 Å². The minimum atomic E-state index is -0.235. The monoisotopic (exact) mass is 381 g/mol. The number of aromatic hydroxyl groups is 1. The van der Waals surface area contributed by atoms with Crippen molar-refractivity contribution < 1.29 is 5.11 Å². The molecule has 1 aromatic heterocycles. The van der Waals surface area contributed by atoms with Crippen molar-refractivity contribution in [2.75, 3.05) is 0 Å². The summed E-state index contributed by atoms with van der Waals surface area (Å²) in [4.78, 5) is 12.6. The molecule has 4 rings (SSSR count). The number of fused-ring (bicyclic) bond motifs is 1. The zero-order valence-electron chi connectivity index (χ0n) is 13.5. The molecule has 0 fully saturated rings. The number of phenolic OH excluding ortho intramolecular Hbond substituents is 1. The molecule has 0 aliphatic rings. The number of rotatable bonds is 2. The second-order valence-corrected chi connectivity index (χ2v) is 6.68. The number of benzene rings is 3. The van der Waals surface area contributed by atoms with E-state index in [-0.39, 0.29) is 11.3 Å². The molecule has 1 N–H and O–H groups in total. The van der Waals surface area contributed by atoms with Crippen LogP contribution in [0, 0.1) is 0 Å². The van der Waals surface area contributed by atoms with Gasteiger partial charge in [0.1, 0.15) is 5.75 Å². The van der Waals surface area contributed by atoms with Gasteiger partial charge in [-0.3, -0.25) is 9.36 Å². The molecule has 0 atom stereocenters. The van der Waals surface area contributed by atoms with Crippen molar-refractivity contribution >= 4 is 34.1 Å². The third kappa shape index (κ3) is 2.75. The molecule has 0 saturated heterocycles. The molecule has 5 heteroatoms. The van der Waals surface area contributed by atoms with Crippen LogP contribution in [0.3, 0.4) is 0 Å². The van der Waals surface area contributed by atoms with E-state index < -0.39 is 0 Å². The number of para-hydroxylation sites is 1. The summed E-state index contributed by atoms with van der Waals surface area (Å²) >= 11 is 12.7. The van der Waals surface area contributed by atoms with Gasteiger partial charge < -0.3 is 5.11 Å². The van der Waals surface area contributed by atoms with Crippen LogP contribution in [-0.2, 0) is 0 Å². The molecule has 0 amide bonds. The van der Waals surface area contributed by atoms with E-state index in [1.807, 2.05) is 24.3 Å². The van der Waals surface area contributed by atoms with Crippen molar-refractivity contribution in [3.05, 3.63) is 93.2 Å². The first kappa shape index (κ1) is 16.7. The van der Waals surface area contributed by atoms with E-state index in [0.717, 1.165) is 16.5 Å². The van der Waals surface area contributed by atoms with Gasteiger partial charge in [0, 0.05) is 28.1 Å². The summed E-state index contributed by atoms with van der Waals surface area (Å²) in [5.41, 5.74) is 2.40. The number of hydrogen-bond acceptors (Lipinski definition) is 2. The Labute approximate surface area is 159 Å². The van der Waals surface area contributed by atoms with Crippen molar-refractivity contribution in [3.63, 3.8) is 0 Å². The Bertz CT molecular complexity index is 1200. The molecule has 0 bridgehead atoms. The summed E-state index contributed by atoms with van der Waals surface area (Å²) in [6.45, 7) is 0. The Morgan fingerprint density at radius 1 is 0.769 bits per heavy atom. The van der Waals surface area contributed by atoms with Gasteiger partial charge in [0.2, 0.25) is 0 Å². The van der Waals surface area contributed by atoms with Gasteiger partial charge in [-0.1, -0.05) is 53.5 Å². The summed E-state index contributed by atoms with van der Waals surface area (Å²) < 4.78 is 1.50. The van der Waals surface area contributed by atoms with E-state index in [4.69, 9.17) is 23.2 Å².